The zero-order valence-corrected chi connectivity index (χ0v) is 17.5. The molecule has 3 rings (SSSR count). The van der Waals surface area contributed by atoms with Gasteiger partial charge < -0.3 is 20.7 Å². The molecule has 0 spiro atoms. The van der Waals surface area contributed by atoms with E-state index in [2.05, 4.69) is 16.0 Å². The first-order chi connectivity index (χ1) is 14.3. The summed E-state index contributed by atoms with van der Waals surface area (Å²) in [5.41, 5.74) is 3.05. The molecule has 1 heterocycles. The number of amides is 3. The molecule has 0 saturated carbocycles. The van der Waals surface area contributed by atoms with E-state index in [1.807, 2.05) is 26.8 Å². The lowest BCUT2D eigenvalue weighted by Gasteiger charge is -2.14. The molecule has 0 bridgehead atoms. The summed E-state index contributed by atoms with van der Waals surface area (Å²) in [6.45, 7) is 6.10. The molecule has 1 atom stereocenters. The number of carbonyl (C=O) groups excluding carboxylic acids is 3. The number of hydrogen-bond acceptors (Lipinski definition) is 4. The van der Waals surface area contributed by atoms with Crippen LogP contribution in [0.2, 0.25) is 0 Å². The highest BCUT2D eigenvalue weighted by Gasteiger charge is 2.23. The zero-order chi connectivity index (χ0) is 21.7. The van der Waals surface area contributed by atoms with E-state index in [0.29, 0.717) is 35.7 Å². The van der Waals surface area contributed by atoms with Gasteiger partial charge in [-0.15, -0.1) is 0 Å². The number of hydrogen-bond donors (Lipinski definition) is 3. The molecule has 1 unspecified atom stereocenters. The van der Waals surface area contributed by atoms with Gasteiger partial charge in [-0.05, 0) is 55.7 Å². The molecule has 158 valence electrons. The maximum Gasteiger partial charge on any atom is 0.255 e. The molecule has 3 amide bonds. The van der Waals surface area contributed by atoms with Crippen molar-refractivity contribution in [2.45, 2.75) is 39.7 Å². The number of carbonyl (C=O) groups is 3. The van der Waals surface area contributed by atoms with Crippen LogP contribution in [0.4, 0.5) is 17.1 Å². The molecule has 1 fully saturated rings. The Labute approximate surface area is 176 Å². The molecule has 2 aromatic rings. The van der Waals surface area contributed by atoms with Crippen LogP contribution in [0.1, 0.15) is 42.6 Å². The predicted octanol–water partition coefficient (Wildman–Crippen LogP) is 3.96. The fraction of sp³-hybridized carbons (Fsp3) is 0.348. The Morgan fingerprint density at radius 3 is 2.47 bits per heavy atom. The topological polar surface area (TPSA) is 96.5 Å². The summed E-state index contributed by atoms with van der Waals surface area (Å²) >= 11 is 0. The third-order valence-electron chi connectivity index (χ3n) is 4.89. The van der Waals surface area contributed by atoms with Gasteiger partial charge in [-0.1, -0.05) is 26.0 Å². The highest BCUT2D eigenvalue weighted by molar-refractivity contribution is 6.06. The van der Waals surface area contributed by atoms with Crippen LogP contribution < -0.4 is 16.0 Å². The highest BCUT2D eigenvalue weighted by atomic mass is 16.5. The van der Waals surface area contributed by atoms with Gasteiger partial charge in [0.2, 0.25) is 5.91 Å². The lowest BCUT2D eigenvalue weighted by Crippen LogP contribution is -2.27. The van der Waals surface area contributed by atoms with Gasteiger partial charge in [0.25, 0.3) is 11.8 Å². The van der Waals surface area contributed by atoms with Crippen LogP contribution >= 0.6 is 0 Å². The summed E-state index contributed by atoms with van der Waals surface area (Å²) in [6.07, 6.45) is 1.14. The summed E-state index contributed by atoms with van der Waals surface area (Å²) < 4.78 is 5.39. The van der Waals surface area contributed by atoms with Gasteiger partial charge in [-0.3, -0.25) is 14.4 Å². The van der Waals surface area contributed by atoms with Crippen molar-refractivity contribution in [1.29, 1.82) is 0 Å². The third kappa shape index (κ3) is 5.45. The van der Waals surface area contributed by atoms with Gasteiger partial charge in [0, 0.05) is 35.2 Å². The average molecular weight is 409 g/mol. The lowest BCUT2D eigenvalue weighted by molar-refractivity contribution is -0.124. The SMILES string of the molecule is Cc1ccc(NC(=O)C(C)C)cc1NC(=O)c1cccc(NC(=O)C2CCCO2)c1. The third-order valence-corrected chi connectivity index (χ3v) is 4.89. The summed E-state index contributed by atoms with van der Waals surface area (Å²) in [5.74, 6) is -0.740. The van der Waals surface area contributed by atoms with Crippen molar-refractivity contribution in [3.63, 3.8) is 0 Å². The van der Waals surface area contributed by atoms with E-state index in [-0.39, 0.29) is 23.6 Å². The van der Waals surface area contributed by atoms with Crippen LogP contribution in [-0.2, 0) is 14.3 Å². The van der Waals surface area contributed by atoms with Gasteiger partial charge in [-0.25, -0.2) is 0 Å². The van der Waals surface area contributed by atoms with Crippen LogP contribution in [0.25, 0.3) is 0 Å². The van der Waals surface area contributed by atoms with Gasteiger partial charge >= 0.3 is 0 Å². The maximum absolute atomic E-state index is 12.8. The van der Waals surface area contributed by atoms with Crippen LogP contribution in [-0.4, -0.2) is 30.4 Å². The minimum absolute atomic E-state index is 0.0918. The van der Waals surface area contributed by atoms with E-state index in [9.17, 15) is 14.4 Å². The van der Waals surface area contributed by atoms with Crippen molar-refractivity contribution in [3.8, 4) is 0 Å². The summed E-state index contributed by atoms with van der Waals surface area (Å²) in [6, 6.07) is 12.1. The van der Waals surface area contributed by atoms with E-state index in [1.165, 1.54) is 0 Å². The quantitative estimate of drug-likeness (QED) is 0.673. The van der Waals surface area contributed by atoms with Gasteiger partial charge in [0.15, 0.2) is 0 Å². The molecule has 1 aliphatic rings. The first-order valence-corrected chi connectivity index (χ1v) is 10.1. The van der Waals surface area contributed by atoms with Gasteiger partial charge in [-0.2, -0.15) is 0 Å². The Kier molecular flexibility index (Phi) is 6.84. The molecule has 0 aliphatic carbocycles. The molecule has 30 heavy (non-hydrogen) atoms. The second-order valence-electron chi connectivity index (χ2n) is 7.70. The van der Waals surface area contributed by atoms with Crippen molar-refractivity contribution in [2.75, 3.05) is 22.6 Å². The molecular formula is C23H27N3O4. The second kappa shape index (κ2) is 9.54. The number of nitrogens with one attached hydrogen (secondary N) is 3. The van der Waals surface area contributed by atoms with E-state index < -0.39 is 6.10 Å². The van der Waals surface area contributed by atoms with Crippen LogP contribution in [0.15, 0.2) is 42.5 Å². The van der Waals surface area contributed by atoms with E-state index in [0.717, 1.165) is 12.0 Å². The standard InChI is InChI=1S/C23H27N3O4/c1-14(2)21(27)24-18-10-9-15(3)19(13-18)26-22(28)16-6-4-7-17(12-16)25-23(29)20-8-5-11-30-20/h4,6-7,9-10,12-14,20H,5,8,11H2,1-3H3,(H,24,27)(H,25,29)(H,26,28). The van der Waals surface area contributed by atoms with Crippen molar-refractivity contribution < 1.29 is 19.1 Å². The van der Waals surface area contributed by atoms with Gasteiger partial charge in [0.1, 0.15) is 6.10 Å². The van der Waals surface area contributed by atoms with E-state index >= 15 is 0 Å². The number of benzene rings is 2. The number of anilines is 3. The first kappa shape index (κ1) is 21.5. The molecule has 1 aliphatic heterocycles. The lowest BCUT2D eigenvalue weighted by atomic mass is 10.1. The second-order valence-corrected chi connectivity index (χ2v) is 7.70. The highest BCUT2D eigenvalue weighted by Crippen LogP contribution is 2.22. The summed E-state index contributed by atoms with van der Waals surface area (Å²) in [4.78, 5) is 36.9. The van der Waals surface area contributed by atoms with E-state index in [4.69, 9.17) is 4.74 Å². The Balaban J connectivity index is 1.70. The molecule has 0 radical (unpaired) electrons. The Hall–Kier alpha value is -3.19. The van der Waals surface area contributed by atoms with Crippen LogP contribution in [0.3, 0.4) is 0 Å². The van der Waals surface area contributed by atoms with E-state index in [1.54, 1.807) is 36.4 Å². The minimum Gasteiger partial charge on any atom is -0.368 e. The normalized spacial score (nSPS) is 15.7. The molecule has 2 aromatic carbocycles. The Bertz CT molecular complexity index is 949. The molecule has 0 aromatic heterocycles. The monoisotopic (exact) mass is 409 g/mol. The fourth-order valence-corrected chi connectivity index (χ4v) is 3.06. The van der Waals surface area contributed by atoms with Gasteiger partial charge in [0.05, 0.1) is 0 Å². The fourth-order valence-electron chi connectivity index (χ4n) is 3.06. The largest absolute Gasteiger partial charge is 0.368 e. The molecule has 3 N–H and O–H groups in total. The molecular weight excluding hydrogens is 382 g/mol. The summed E-state index contributed by atoms with van der Waals surface area (Å²) in [5, 5.41) is 8.51. The Morgan fingerprint density at radius 1 is 1.00 bits per heavy atom. The molecule has 7 nitrogen and oxygen atoms in total. The minimum atomic E-state index is -0.436. The Morgan fingerprint density at radius 2 is 1.77 bits per heavy atom. The zero-order valence-electron chi connectivity index (χ0n) is 17.5. The molecule has 7 heteroatoms. The summed E-state index contributed by atoms with van der Waals surface area (Å²) in [7, 11) is 0. The van der Waals surface area contributed by atoms with Crippen LogP contribution in [0.5, 0.6) is 0 Å². The van der Waals surface area contributed by atoms with Crippen molar-refractivity contribution in [2.24, 2.45) is 5.92 Å². The number of ether oxygens (including phenoxy) is 1. The van der Waals surface area contributed by atoms with Crippen molar-refractivity contribution in [1.82, 2.24) is 0 Å². The number of aryl methyl sites for hydroxylation is 1. The van der Waals surface area contributed by atoms with Crippen molar-refractivity contribution in [3.05, 3.63) is 53.6 Å². The predicted molar refractivity (Wildman–Crippen MR) is 117 cm³/mol. The van der Waals surface area contributed by atoms with Crippen molar-refractivity contribution >= 4 is 34.8 Å². The smallest absolute Gasteiger partial charge is 0.255 e. The number of rotatable bonds is 6. The average Bonchev–Trinajstić information content (AvgIpc) is 3.25. The maximum atomic E-state index is 12.8. The molecule has 1 saturated heterocycles. The van der Waals surface area contributed by atoms with Crippen LogP contribution in [0, 0.1) is 12.8 Å². The first-order valence-electron chi connectivity index (χ1n) is 10.1.